The van der Waals surface area contributed by atoms with E-state index in [4.69, 9.17) is 9.47 Å². The van der Waals surface area contributed by atoms with Crippen molar-refractivity contribution in [3.05, 3.63) is 53.1 Å². The highest BCUT2D eigenvalue weighted by molar-refractivity contribution is 5.98. The Kier molecular flexibility index (Phi) is 4.94. The molecule has 0 aromatic heterocycles. The molecule has 0 radical (unpaired) electrons. The molecule has 0 spiro atoms. The number of hydrogen-bond donors (Lipinski definition) is 1. The normalized spacial score (nSPS) is 18.4. The van der Waals surface area contributed by atoms with E-state index in [1.807, 2.05) is 35.2 Å². The van der Waals surface area contributed by atoms with Crippen LogP contribution in [0.5, 0.6) is 11.5 Å². The van der Waals surface area contributed by atoms with Crippen molar-refractivity contribution >= 4 is 17.5 Å². The fourth-order valence-electron chi connectivity index (χ4n) is 4.12. The summed E-state index contributed by atoms with van der Waals surface area (Å²) in [5.74, 6) is 1.54. The summed E-state index contributed by atoms with van der Waals surface area (Å²) in [4.78, 5) is 26.8. The third-order valence-corrected chi connectivity index (χ3v) is 5.56. The maximum Gasteiger partial charge on any atom is 0.254 e. The molecule has 0 bridgehead atoms. The minimum Gasteiger partial charge on any atom is -0.497 e. The van der Waals surface area contributed by atoms with E-state index in [1.165, 1.54) is 0 Å². The number of hydrogen-bond acceptors (Lipinski definition) is 4. The summed E-state index contributed by atoms with van der Waals surface area (Å²) in [5, 5.41) is 2.86. The topological polar surface area (TPSA) is 67.9 Å². The van der Waals surface area contributed by atoms with Gasteiger partial charge in [-0.2, -0.15) is 0 Å². The van der Waals surface area contributed by atoms with Gasteiger partial charge in [-0.15, -0.1) is 0 Å². The number of carbonyl (C=O) groups is 2. The minimum atomic E-state index is -0.0479. The van der Waals surface area contributed by atoms with Crippen LogP contribution in [0.2, 0.25) is 0 Å². The first-order valence-electron chi connectivity index (χ1n) is 9.56. The second-order valence-electron chi connectivity index (χ2n) is 7.18. The summed E-state index contributed by atoms with van der Waals surface area (Å²) in [5.41, 5.74) is 3.45. The predicted octanol–water partition coefficient (Wildman–Crippen LogP) is 3.57. The number of aryl methyl sites for hydroxylation is 1. The van der Waals surface area contributed by atoms with Crippen LogP contribution in [0.15, 0.2) is 36.4 Å². The molecule has 1 fully saturated rings. The fourth-order valence-corrected chi connectivity index (χ4v) is 4.12. The Morgan fingerprint density at radius 3 is 2.75 bits per heavy atom. The van der Waals surface area contributed by atoms with Crippen molar-refractivity contribution in [3.8, 4) is 11.5 Å². The van der Waals surface area contributed by atoms with E-state index in [1.54, 1.807) is 20.3 Å². The highest BCUT2D eigenvalue weighted by Gasteiger charge is 2.33. The molecule has 146 valence electrons. The highest BCUT2D eigenvalue weighted by Crippen LogP contribution is 2.39. The first-order valence-corrected chi connectivity index (χ1v) is 9.56. The monoisotopic (exact) mass is 380 g/mol. The Hall–Kier alpha value is -3.02. The zero-order valence-electron chi connectivity index (χ0n) is 16.2. The molecule has 2 heterocycles. The molecule has 2 aliphatic rings. The van der Waals surface area contributed by atoms with E-state index in [2.05, 4.69) is 5.32 Å². The third-order valence-electron chi connectivity index (χ3n) is 5.56. The van der Waals surface area contributed by atoms with Crippen molar-refractivity contribution in [1.82, 2.24) is 4.90 Å². The van der Waals surface area contributed by atoms with Crippen LogP contribution < -0.4 is 14.8 Å². The van der Waals surface area contributed by atoms with Gasteiger partial charge >= 0.3 is 0 Å². The Balaban J connectivity index is 1.64. The largest absolute Gasteiger partial charge is 0.497 e. The number of ether oxygens (including phenoxy) is 2. The number of benzene rings is 2. The number of carbonyl (C=O) groups excluding carboxylic acids is 2. The summed E-state index contributed by atoms with van der Waals surface area (Å²) in [7, 11) is 3.28. The number of methoxy groups -OCH3 is 2. The summed E-state index contributed by atoms with van der Waals surface area (Å²) >= 11 is 0. The summed E-state index contributed by atoms with van der Waals surface area (Å²) in [6.45, 7) is 0.706. The lowest BCUT2D eigenvalue weighted by molar-refractivity contribution is -0.116. The molecule has 2 amide bonds. The lowest BCUT2D eigenvalue weighted by atomic mass is 9.99. The van der Waals surface area contributed by atoms with Crippen molar-refractivity contribution in [2.24, 2.45) is 0 Å². The van der Waals surface area contributed by atoms with Crippen LogP contribution in [0.4, 0.5) is 5.69 Å². The lowest BCUT2D eigenvalue weighted by Gasteiger charge is -2.27. The van der Waals surface area contributed by atoms with Gasteiger partial charge < -0.3 is 19.7 Å². The van der Waals surface area contributed by atoms with Crippen LogP contribution in [0.25, 0.3) is 0 Å². The van der Waals surface area contributed by atoms with Gasteiger partial charge in [0.2, 0.25) is 5.91 Å². The number of fused-ring (bicyclic) bond motifs is 1. The molecule has 28 heavy (non-hydrogen) atoms. The van der Waals surface area contributed by atoms with Crippen LogP contribution in [0.1, 0.15) is 46.8 Å². The zero-order chi connectivity index (χ0) is 19.7. The van der Waals surface area contributed by atoms with Gasteiger partial charge in [-0.3, -0.25) is 9.59 Å². The number of rotatable bonds is 4. The SMILES string of the molecule is COc1ccc(OC)c([C@@H]2CCCN2C(=O)c2ccc3c(c2)CCC(=O)N3)c1. The average Bonchev–Trinajstić information content (AvgIpc) is 3.22. The van der Waals surface area contributed by atoms with E-state index in [-0.39, 0.29) is 17.9 Å². The summed E-state index contributed by atoms with van der Waals surface area (Å²) in [6.07, 6.45) is 2.95. The van der Waals surface area contributed by atoms with Gasteiger partial charge in [0.05, 0.1) is 20.3 Å². The van der Waals surface area contributed by atoms with Crippen molar-refractivity contribution in [1.29, 1.82) is 0 Å². The lowest BCUT2D eigenvalue weighted by Crippen LogP contribution is -2.31. The van der Waals surface area contributed by atoms with Gasteiger partial charge in [0.25, 0.3) is 5.91 Å². The van der Waals surface area contributed by atoms with Gasteiger partial charge in [-0.25, -0.2) is 0 Å². The average molecular weight is 380 g/mol. The zero-order valence-corrected chi connectivity index (χ0v) is 16.2. The molecule has 6 heteroatoms. The predicted molar refractivity (Wildman–Crippen MR) is 106 cm³/mol. The Labute approximate surface area is 164 Å². The molecule has 1 N–H and O–H groups in total. The molecule has 0 saturated carbocycles. The minimum absolute atomic E-state index is 0.00655. The Morgan fingerprint density at radius 2 is 1.96 bits per heavy atom. The second-order valence-corrected chi connectivity index (χ2v) is 7.18. The number of anilines is 1. The molecule has 4 rings (SSSR count). The van der Waals surface area contributed by atoms with Crippen LogP contribution >= 0.6 is 0 Å². The Bertz CT molecular complexity index is 925. The van der Waals surface area contributed by atoms with Gasteiger partial charge in [0.15, 0.2) is 0 Å². The van der Waals surface area contributed by atoms with Crippen LogP contribution in [0, 0.1) is 0 Å². The number of nitrogens with one attached hydrogen (secondary N) is 1. The van der Waals surface area contributed by atoms with E-state index in [0.717, 1.165) is 41.2 Å². The quantitative estimate of drug-likeness (QED) is 0.881. The standard InChI is InChI=1S/C22H24N2O4/c1-27-16-7-9-20(28-2)17(13-16)19-4-3-11-24(19)22(26)15-5-8-18-14(12-15)6-10-21(25)23-18/h5,7-9,12-13,19H,3-4,6,10-11H2,1-2H3,(H,23,25)/t19-/m0/s1. The van der Waals surface area contributed by atoms with E-state index in [0.29, 0.717) is 24.9 Å². The maximum atomic E-state index is 13.3. The Morgan fingerprint density at radius 1 is 1.11 bits per heavy atom. The van der Waals surface area contributed by atoms with Gasteiger partial charge in [0, 0.05) is 29.8 Å². The van der Waals surface area contributed by atoms with Gasteiger partial charge in [0.1, 0.15) is 11.5 Å². The number of amides is 2. The van der Waals surface area contributed by atoms with Crippen molar-refractivity contribution < 1.29 is 19.1 Å². The number of nitrogens with zero attached hydrogens (tertiary/aromatic N) is 1. The summed E-state index contributed by atoms with van der Waals surface area (Å²) < 4.78 is 10.9. The van der Waals surface area contributed by atoms with Crippen LogP contribution in [0.3, 0.4) is 0 Å². The van der Waals surface area contributed by atoms with Crippen LogP contribution in [-0.2, 0) is 11.2 Å². The molecule has 2 aromatic rings. The molecular weight excluding hydrogens is 356 g/mol. The van der Waals surface area contributed by atoms with Gasteiger partial charge in [-0.05, 0) is 61.2 Å². The molecule has 0 unspecified atom stereocenters. The maximum absolute atomic E-state index is 13.3. The molecule has 2 aliphatic heterocycles. The molecule has 1 saturated heterocycles. The highest BCUT2D eigenvalue weighted by atomic mass is 16.5. The van der Waals surface area contributed by atoms with E-state index < -0.39 is 0 Å². The first kappa shape index (κ1) is 18.3. The van der Waals surface area contributed by atoms with E-state index in [9.17, 15) is 9.59 Å². The van der Waals surface area contributed by atoms with E-state index >= 15 is 0 Å². The molecule has 1 atom stereocenters. The fraction of sp³-hybridized carbons (Fsp3) is 0.364. The summed E-state index contributed by atoms with van der Waals surface area (Å²) in [6, 6.07) is 11.2. The smallest absolute Gasteiger partial charge is 0.254 e. The first-order chi connectivity index (χ1) is 13.6. The van der Waals surface area contributed by atoms with Crippen molar-refractivity contribution in [2.45, 2.75) is 31.7 Å². The van der Waals surface area contributed by atoms with Crippen LogP contribution in [-0.4, -0.2) is 37.5 Å². The molecule has 2 aromatic carbocycles. The van der Waals surface area contributed by atoms with Gasteiger partial charge in [-0.1, -0.05) is 0 Å². The third kappa shape index (κ3) is 3.30. The second kappa shape index (κ2) is 7.54. The van der Waals surface area contributed by atoms with Crippen molar-refractivity contribution in [2.75, 3.05) is 26.1 Å². The molecular formula is C22H24N2O4. The molecule has 0 aliphatic carbocycles. The molecule has 6 nitrogen and oxygen atoms in total. The number of likely N-dealkylation sites (tertiary alicyclic amines) is 1. The van der Waals surface area contributed by atoms with Crippen molar-refractivity contribution in [3.63, 3.8) is 0 Å².